The predicted molar refractivity (Wildman–Crippen MR) is 256 cm³/mol. The van der Waals surface area contributed by atoms with Crippen LogP contribution in [-0.2, 0) is 59.4 Å². The van der Waals surface area contributed by atoms with Gasteiger partial charge in [0.2, 0.25) is 23.6 Å². The lowest BCUT2D eigenvalue weighted by atomic mass is 10.1. The Kier molecular flexibility index (Phi) is 16.7. The molecule has 7 N–H and O–H groups in total. The van der Waals surface area contributed by atoms with E-state index in [1.165, 1.54) is 48.4 Å². The number of hydrogen-bond donors (Lipinski definition) is 6. The molecule has 1 saturated carbocycles. The second kappa shape index (κ2) is 23.3. The summed E-state index contributed by atoms with van der Waals surface area (Å²) in [4.78, 5) is 85.5. The van der Waals surface area contributed by atoms with Crippen molar-refractivity contribution in [2.24, 2.45) is 11.7 Å². The van der Waals surface area contributed by atoms with Crippen molar-refractivity contribution < 1.29 is 65.7 Å². The van der Waals surface area contributed by atoms with Gasteiger partial charge in [0.15, 0.2) is 23.5 Å². The van der Waals surface area contributed by atoms with E-state index in [1.807, 2.05) is 0 Å². The first-order valence-electron chi connectivity index (χ1n) is 22.7. The van der Waals surface area contributed by atoms with Gasteiger partial charge in [-0.1, -0.05) is 42.5 Å². The fourth-order valence-corrected chi connectivity index (χ4v) is 9.65. The van der Waals surface area contributed by atoms with Crippen molar-refractivity contribution in [1.82, 2.24) is 39.7 Å². The van der Waals surface area contributed by atoms with Gasteiger partial charge in [-0.15, -0.1) is 18.1 Å². The number of amides is 4. The van der Waals surface area contributed by atoms with Crippen molar-refractivity contribution in [3.8, 4) is 5.88 Å². The largest absolute Gasteiger partial charge is 0.697 e. The zero-order chi connectivity index (χ0) is 51.9. The number of nitrogens with one attached hydrogen (secondary N) is 4. The number of anilines is 2. The summed E-state index contributed by atoms with van der Waals surface area (Å²) in [6.07, 6.45) is -2.64. The maximum atomic E-state index is 13.8. The Balaban J connectivity index is 0.889. The Morgan fingerprint density at radius 2 is 1.75 bits per heavy atom. The number of imidazole rings is 1. The van der Waals surface area contributed by atoms with Crippen LogP contribution in [0.4, 0.5) is 16.4 Å². The van der Waals surface area contributed by atoms with Crippen molar-refractivity contribution in [2.75, 3.05) is 30.9 Å². The van der Waals surface area contributed by atoms with Crippen molar-refractivity contribution in [2.45, 2.75) is 88.7 Å². The van der Waals surface area contributed by atoms with Crippen molar-refractivity contribution in [3.05, 3.63) is 113 Å². The Hall–Kier alpha value is -6.99. The molecule has 5 heterocycles. The Bertz CT molecular complexity index is 2950. The molecule has 8 rings (SSSR count). The normalized spacial score (nSPS) is 23.9. The van der Waals surface area contributed by atoms with Gasteiger partial charge in [-0.05, 0) is 49.6 Å². The number of aromatic amines is 1. The number of benzene rings is 2. The molecular formula is C45H51N11O15P2+2. The third kappa shape index (κ3) is 12.8. The van der Waals surface area contributed by atoms with Gasteiger partial charge >= 0.3 is 22.6 Å². The van der Waals surface area contributed by atoms with Crippen molar-refractivity contribution in [3.63, 3.8) is 0 Å². The van der Waals surface area contributed by atoms with Crippen molar-refractivity contribution in [1.29, 1.82) is 0 Å². The number of H-pyrrole nitrogens is 1. The van der Waals surface area contributed by atoms with Gasteiger partial charge in [-0.25, -0.2) is 19.7 Å². The zero-order valence-electron chi connectivity index (χ0n) is 39.4. The van der Waals surface area contributed by atoms with E-state index in [4.69, 9.17) is 38.0 Å². The number of ether oxygens (including phenoxy) is 3. The lowest BCUT2D eigenvalue weighted by Crippen LogP contribution is -2.48. The van der Waals surface area contributed by atoms with Crippen LogP contribution in [0.25, 0.3) is 11.2 Å². The van der Waals surface area contributed by atoms with Crippen LogP contribution in [0.3, 0.4) is 0 Å². The van der Waals surface area contributed by atoms with E-state index in [0.29, 0.717) is 41.1 Å². The fraction of sp³-hybridized carbons (Fsp3) is 0.400. The average Bonchev–Trinajstić information content (AvgIpc) is 4.06. The minimum Gasteiger partial charge on any atom is -0.474 e. The van der Waals surface area contributed by atoms with Gasteiger partial charge in [-0.2, -0.15) is 4.98 Å². The number of fused-ring (bicyclic) bond motifs is 4. The Morgan fingerprint density at radius 1 is 1.00 bits per heavy atom. The van der Waals surface area contributed by atoms with Gasteiger partial charge in [0.05, 0.1) is 6.33 Å². The fourth-order valence-electron chi connectivity index (χ4n) is 8.04. The number of aliphatic hydroxyl groups is 1. The molecule has 11 atom stereocenters. The third-order valence-electron chi connectivity index (χ3n) is 12.0. The SMILES string of the molecule is C=C(C)[C@H](N)C(=O)N[C@@H](C)C(=O)Nc1ccc(COC(=O)N(C)Cc2ccccc2C(=O)Nc2nc3c(ncn3[C@@H]3O[C@@H]4CO[P+](=O)O[C@H]5C[C@H](Oc6ccncn6)C[C@@H]5CO[P+](=O)O[C@@H]3[C@@H]4O)c(=O)[nH]2)cc1. The summed E-state index contributed by atoms with van der Waals surface area (Å²) in [6.45, 7) is 5.96. The summed E-state index contributed by atoms with van der Waals surface area (Å²) in [5.74, 6) is -2.14. The number of rotatable bonds is 14. The minimum absolute atomic E-state index is 0.0741. The van der Waals surface area contributed by atoms with Crippen LogP contribution in [0, 0.1) is 5.92 Å². The predicted octanol–water partition coefficient (Wildman–Crippen LogP) is 3.53. The summed E-state index contributed by atoms with van der Waals surface area (Å²) in [7, 11) is -4.20. The van der Waals surface area contributed by atoms with Gasteiger partial charge < -0.3 is 40.6 Å². The first-order chi connectivity index (χ1) is 35.0. The molecule has 2 unspecified atom stereocenters. The molecule has 3 aromatic heterocycles. The third-order valence-corrected chi connectivity index (χ3v) is 13.6. The quantitative estimate of drug-likeness (QED) is 0.0684. The highest BCUT2D eigenvalue weighted by Crippen LogP contribution is 2.44. The molecule has 384 valence electrons. The van der Waals surface area contributed by atoms with E-state index in [1.54, 1.807) is 55.5 Å². The number of aromatic nitrogens is 6. The summed E-state index contributed by atoms with van der Waals surface area (Å²) in [5, 5.41) is 19.2. The number of carbonyl (C=O) groups excluding carboxylic acids is 4. The summed E-state index contributed by atoms with van der Waals surface area (Å²) in [5.41, 5.74) is 6.72. The van der Waals surface area contributed by atoms with Crippen LogP contribution >= 0.6 is 16.5 Å². The summed E-state index contributed by atoms with van der Waals surface area (Å²) in [6, 6.07) is 12.7. The highest BCUT2D eigenvalue weighted by molar-refractivity contribution is 7.33. The van der Waals surface area contributed by atoms with E-state index < -0.39 is 107 Å². The number of nitrogens with two attached hydrogens (primary N) is 1. The molecule has 2 bridgehead atoms. The molecule has 26 nitrogen and oxygen atoms in total. The molecular weight excluding hydrogens is 997 g/mol. The monoisotopic (exact) mass is 1050 g/mol. The van der Waals surface area contributed by atoms with E-state index in [-0.39, 0.29) is 42.4 Å². The average molecular weight is 1050 g/mol. The molecule has 73 heavy (non-hydrogen) atoms. The number of aliphatic hydroxyl groups excluding tert-OH is 1. The zero-order valence-corrected chi connectivity index (χ0v) is 41.2. The maximum Gasteiger partial charge on any atom is 0.697 e. The van der Waals surface area contributed by atoms with E-state index >= 15 is 0 Å². The molecule has 3 fully saturated rings. The minimum atomic E-state index is -2.93. The molecule has 3 aliphatic rings. The summed E-state index contributed by atoms with van der Waals surface area (Å²) >= 11 is 0. The summed E-state index contributed by atoms with van der Waals surface area (Å²) < 4.78 is 67.9. The molecule has 1 aliphatic carbocycles. The van der Waals surface area contributed by atoms with Gasteiger partial charge in [0, 0.05) is 58.6 Å². The number of carbonyl (C=O) groups is 4. The highest BCUT2D eigenvalue weighted by Gasteiger charge is 2.54. The van der Waals surface area contributed by atoms with Crippen molar-refractivity contribution >= 4 is 63.1 Å². The van der Waals surface area contributed by atoms with Gasteiger partial charge in [0.1, 0.15) is 62.6 Å². The first-order valence-corrected chi connectivity index (χ1v) is 24.9. The molecule has 0 radical (unpaired) electrons. The van der Waals surface area contributed by atoms with Crippen LogP contribution in [0.2, 0.25) is 0 Å². The van der Waals surface area contributed by atoms with Crippen LogP contribution < -0.4 is 32.0 Å². The number of hydrogen-bond acceptors (Lipinski definition) is 20. The Labute approximate surface area is 417 Å². The van der Waals surface area contributed by atoms with Gasteiger partial charge in [0.25, 0.3) is 11.5 Å². The topological polar surface area (TPSA) is 342 Å². The lowest BCUT2D eigenvalue weighted by molar-refractivity contribution is -0.126. The lowest BCUT2D eigenvalue weighted by Gasteiger charge is -2.19. The maximum absolute atomic E-state index is 13.8. The van der Waals surface area contributed by atoms with E-state index in [9.17, 15) is 38.2 Å². The standard InChI is InChI=1S/C45H49N11O15P2/c1-23(2)34(46)41(60)50-24(3)39(58)51-28-11-9-25(10-12-28)18-65-45(62)55(4)17-26-7-5-6-8-30(26)40(59)53-44-52-38-35(42(61)54-44)49-22-56(38)43-37-36(57)32(69-43)20-67-72(63)70-31-16-29(68-33-13-14-47-21-48-33)15-27(31)19-66-73(64)71-37/h5-14,21-22,24,27,29,31-32,34,36-37,43,57H,1,15-20,46H2,2-4H3,(H2-2,50,51,52,53,54,58,59,60,61)/p+2/t24-,27+,29+,31-,32+,34-,36+,37+,43+/m0/s1. The molecule has 2 saturated heterocycles. The van der Waals surface area contributed by atoms with Crippen LogP contribution in [0.5, 0.6) is 5.88 Å². The van der Waals surface area contributed by atoms with E-state index in [2.05, 4.69) is 47.4 Å². The second-order valence-corrected chi connectivity index (χ2v) is 19.2. The van der Waals surface area contributed by atoms with Gasteiger partial charge in [-0.3, -0.25) is 34.0 Å². The highest BCUT2D eigenvalue weighted by atomic mass is 31.1. The molecule has 5 aromatic rings. The smallest absolute Gasteiger partial charge is 0.474 e. The molecule has 2 aromatic carbocycles. The molecule has 0 spiro atoms. The van der Waals surface area contributed by atoms with Crippen LogP contribution in [-0.4, -0.2) is 126 Å². The number of nitrogens with zero attached hydrogens (tertiary/aromatic N) is 6. The Morgan fingerprint density at radius 3 is 2.51 bits per heavy atom. The second-order valence-electron chi connectivity index (χ2n) is 17.3. The first kappa shape index (κ1) is 52.3. The van der Waals surface area contributed by atoms with Crippen LogP contribution in [0.1, 0.15) is 54.4 Å². The molecule has 4 amide bonds. The van der Waals surface area contributed by atoms with Crippen LogP contribution in [0.15, 0.2) is 90.4 Å². The van der Waals surface area contributed by atoms with E-state index in [0.717, 1.165) is 0 Å². The molecule has 28 heteroatoms. The molecule has 2 aliphatic heterocycles.